The molecule has 2 aromatic carbocycles. The van der Waals surface area contributed by atoms with Crippen LogP contribution in [0.2, 0.25) is 10.0 Å². The fourth-order valence-electron chi connectivity index (χ4n) is 4.55. The molecule has 1 aliphatic carbocycles. The molecule has 0 aliphatic heterocycles. The van der Waals surface area contributed by atoms with Gasteiger partial charge in [-0.15, -0.1) is 0 Å². The third-order valence-corrected chi connectivity index (χ3v) is 8.88. The summed E-state index contributed by atoms with van der Waals surface area (Å²) < 4.78 is 27.1. The number of anilines is 1. The van der Waals surface area contributed by atoms with Crippen LogP contribution in [0.15, 0.2) is 46.9 Å². The molecule has 0 aromatic heterocycles. The molecule has 1 N–H and O–H groups in total. The highest BCUT2D eigenvalue weighted by molar-refractivity contribution is 9.10. The summed E-state index contributed by atoms with van der Waals surface area (Å²) in [5.41, 5.74) is 0.942. The summed E-state index contributed by atoms with van der Waals surface area (Å²) in [5, 5.41) is 3.92. The maximum Gasteiger partial charge on any atom is 0.244 e. The molecule has 2 amide bonds. The fourth-order valence-corrected chi connectivity index (χ4v) is 6.49. The van der Waals surface area contributed by atoms with Crippen molar-refractivity contribution < 1.29 is 18.0 Å². The van der Waals surface area contributed by atoms with E-state index in [9.17, 15) is 18.0 Å². The van der Waals surface area contributed by atoms with E-state index in [0.29, 0.717) is 32.2 Å². The summed E-state index contributed by atoms with van der Waals surface area (Å²) in [6.07, 6.45) is 6.47. The first kappa shape index (κ1) is 29.7. The van der Waals surface area contributed by atoms with Gasteiger partial charge in [-0.1, -0.05) is 67.6 Å². The van der Waals surface area contributed by atoms with Crippen LogP contribution >= 0.6 is 39.1 Å². The van der Waals surface area contributed by atoms with Gasteiger partial charge in [-0.05, 0) is 65.0 Å². The standard InChI is InChI=1S/C26H32BrCl2N3O4S/c1-3-23(26(34)30-20-9-5-4-6-10-20)31(16-18-13-14-19(28)15-22(18)29)25(33)17-32(37(2,35)36)24-12-8-7-11-21(24)27/h7-8,11-15,20,23H,3-6,9-10,16-17H2,1-2H3,(H,30,34)/t23-/m0/s1. The molecular formula is C26H32BrCl2N3O4S. The number of nitrogens with zero attached hydrogens (tertiary/aromatic N) is 2. The molecule has 0 saturated heterocycles. The van der Waals surface area contributed by atoms with Crippen LogP contribution in [0.1, 0.15) is 51.0 Å². The highest BCUT2D eigenvalue weighted by Gasteiger charge is 2.33. The van der Waals surface area contributed by atoms with Gasteiger partial charge in [0.05, 0.1) is 11.9 Å². The van der Waals surface area contributed by atoms with E-state index in [0.717, 1.165) is 42.7 Å². The molecule has 0 bridgehead atoms. The van der Waals surface area contributed by atoms with Crippen LogP contribution in [-0.4, -0.2) is 50.0 Å². The zero-order valence-electron chi connectivity index (χ0n) is 20.9. The Kier molecular flexibility index (Phi) is 10.7. The molecule has 1 fully saturated rings. The highest BCUT2D eigenvalue weighted by atomic mass is 79.9. The van der Waals surface area contributed by atoms with Crippen LogP contribution < -0.4 is 9.62 Å². The minimum atomic E-state index is -3.82. The quantitative estimate of drug-likeness (QED) is 0.360. The van der Waals surface area contributed by atoms with Crippen molar-refractivity contribution in [3.05, 3.63) is 62.5 Å². The molecule has 37 heavy (non-hydrogen) atoms. The normalized spacial score (nSPS) is 15.2. The lowest BCUT2D eigenvalue weighted by molar-refractivity contribution is -0.140. The van der Waals surface area contributed by atoms with Crippen molar-refractivity contribution in [1.29, 1.82) is 0 Å². The Morgan fingerprint density at radius 2 is 1.78 bits per heavy atom. The SMILES string of the molecule is CC[C@@H](C(=O)NC1CCCCC1)N(Cc1ccc(Cl)cc1Cl)C(=O)CN(c1ccccc1Br)S(C)(=O)=O. The van der Waals surface area contributed by atoms with Gasteiger partial charge in [-0.25, -0.2) is 8.42 Å². The second-order valence-corrected chi connectivity index (χ2v) is 12.9. The van der Waals surface area contributed by atoms with E-state index in [4.69, 9.17) is 23.2 Å². The van der Waals surface area contributed by atoms with E-state index in [-0.39, 0.29) is 18.5 Å². The van der Waals surface area contributed by atoms with Crippen LogP contribution in [0.3, 0.4) is 0 Å². The largest absolute Gasteiger partial charge is 0.352 e. The second kappa shape index (κ2) is 13.3. The number of carbonyl (C=O) groups excluding carboxylic acids is 2. The molecule has 202 valence electrons. The Hall–Kier alpha value is -1.81. The molecule has 3 rings (SSSR count). The van der Waals surface area contributed by atoms with Crippen LogP contribution in [0.5, 0.6) is 0 Å². The maximum atomic E-state index is 13.8. The topological polar surface area (TPSA) is 86.8 Å². The van der Waals surface area contributed by atoms with Crippen molar-refractivity contribution in [2.75, 3.05) is 17.1 Å². The Morgan fingerprint density at radius 1 is 1.11 bits per heavy atom. The second-order valence-electron chi connectivity index (χ2n) is 9.25. The van der Waals surface area contributed by atoms with Gasteiger partial charge in [-0.3, -0.25) is 13.9 Å². The lowest BCUT2D eigenvalue weighted by Gasteiger charge is -2.34. The van der Waals surface area contributed by atoms with E-state index in [1.54, 1.807) is 42.5 Å². The Labute approximate surface area is 237 Å². The van der Waals surface area contributed by atoms with E-state index >= 15 is 0 Å². The predicted octanol–water partition coefficient (Wildman–Crippen LogP) is 5.78. The third-order valence-electron chi connectivity index (χ3n) is 6.49. The zero-order chi connectivity index (χ0) is 27.2. The molecule has 1 saturated carbocycles. The van der Waals surface area contributed by atoms with Crippen molar-refractivity contribution in [2.24, 2.45) is 0 Å². The number of rotatable bonds is 10. The molecule has 7 nitrogen and oxygen atoms in total. The van der Waals surface area contributed by atoms with Gasteiger partial charge in [0.15, 0.2) is 0 Å². The Balaban J connectivity index is 1.95. The predicted molar refractivity (Wildman–Crippen MR) is 152 cm³/mol. The lowest BCUT2D eigenvalue weighted by Crippen LogP contribution is -2.54. The van der Waals surface area contributed by atoms with Crippen molar-refractivity contribution in [2.45, 2.75) is 64.1 Å². The van der Waals surface area contributed by atoms with Gasteiger partial charge >= 0.3 is 0 Å². The summed E-state index contributed by atoms with van der Waals surface area (Å²) in [7, 11) is -3.82. The number of para-hydroxylation sites is 1. The maximum absolute atomic E-state index is 13.8. The average Bonchev–Trinajstić information content (AvgIpc) is 2.84. The highest BCUT2D eigenvalue weighted by Crippen LogP contribution is 2.29. The summed E-state index contributed by atoms with van der Waals surface area (Å²) >= 11 is 15.9. The number of benzene rings is 2. The minimum Gasteiger partial charge on any atom is -0.352 e. The molecule has 11 heteroatoms. The van der Waals surface area contributed by atoms with Gasteiger partial charge in [0.1, 0.15) is 12.6 Å². The fraction of sp³-hybridized carbons (Fsp3) is 0.462. The van der Waals surface area contributed by atoms with Crippen LogP contribution in [-0.2, 0) is 26.2 Å². The molecule has 0 heterocycles. The van der Waals surface area contributed by atoms with Gasteiger partial charge < -0.3 is 10.2 Å². The Bertz CT molecular complexity index is 1220. The number of nitrogens with one attached hydrogen (secondary N) is 1. The molecule has 1 aliphatic rings. The average molecular weight is 633 g/mol. The number of amides is 2. The zero-order valence-corrected chi connectivity index (χ0v) is 24.8. The lowest BCUT2D eigenvalue weighted by atomic mass is 9.95. The number of sulfonamides is 1. The summed E-state index contributed by atoms with van der Waals surface area (Å²) in [4.78, 5) is 28.7. The van der Waals surface area contributed by atoms with Crippen molar-refractivity contribution in [1.82, 2.24) is 10.2 Å². The number of hydrogen-bond donors (Lipinski definition) is 1. The molecule has 0 spiro atoms. The van der Waals surface area contributed by atoms with Gasteiger partial charge in [0.2, 0.25) is 21.8 Å². The number of carbonyl (C=O) groups is 2. The van der Waals surface area contributed by atoms with Crippen LogP contribution in [0.25, 0.3) is 0 Å². The first-order chi connectivity index (χ1) is 17.5. The van der Waals surface area contributed by atoms with Crippen molar-refractivity contribution >= 4 is 66.7 Å². The van der Waals surface area contributed by atoms with Gasteiger partial charge in [-0.2, -0.15) is 0 Å². The molecule has 0 unspecified atom stereocenters. The van der Waals surface area contributed by atoms with E-state index in [1.165, 1.54) is 4.90 Å². The van der Waals surface area contributed by atoms with E-state index in [2.05, 4.69) is 21.2 Å². The first-order valence-electron chi connectivity index (χ1n) is 12.3. The van der Waals surface area contributed by atoms with Crippen molar-refractivity contribution in [3.63, 3.8) is 0 Å². The first-order valence-corrected chi connectivity index (χ1v) is 15.7. The van der Waals surface area contributed by atoms with Crippen LogP contribution in [0.4, 0.5) is 5.69 Å². The van der Waals surface area contributed by atoms with Gasteiger partial charge in [0, 0.05) is 27.1 Å². The number of halogens is 3. The molecule has 0 radical (unpaired) electrons. The Morgan fingerprint density at radius 3 is 2.38 bits per heavy atom. The summed E-state index contributed by atoms with van der Waals surface area (Å²) in [5.74, 6) is -0.766. The summed E-state index contributed by atoms with van der Waals surface area (Å²) in [6, 6.07) is 11.0. The van der Waals surface area contributed by atoms with Gasteiger partial charge in [0.25, 0.3) is 0 Å². The van der Waals surface area contributed by atoms with Crippen LogP contribution in [0, 0.1) is 0 Å². The smallest absolute Gasteiger partial charge is 0.244 e. The molecular weight excluding hydrogens is 601 g/mol. The molecule has 1 atom stereocenters. The summed E-state index contributed by atoms with van der Waals surface area (Å²) in [6.45, 7) is 1.38. The van der Waals surface area contributed by atoms with E-state index in [1.807, 2.05) is 6.92 Å². The van der Waals surface area contributed by atoms with E-state index < -0.39 is 28.5 Å². The minimum absolute atomic E-state index is 0.0268. The van der Waals surface area contributed by atoms with Crippen molar-refractivity contribution in [3.8, 4) is 0 Å². The third kappa shape index (κ3) is 8.09. The molecule has 2 aromatic rings. The number of hydrogen-bond acceptors (Lipinski definition) is 4. The monoisotopic (exact) mass is 631 g/mol.